The molecule has 0 fully saturated rings. The molecule has 0 aliphatic rings. The number of anilines is 1. The SMILES string of the molecule is CCCC(O)CNc1ccc(S(=O)(=O)NCC)cc1. The highest BCUT2D eigenvalue weighted by Crippen LogP contribution is 2.14. The highest BCUT2D eigenvalue weighted by molar-refractivity contribution is 7.89. The molecule has 0 heterocycles. The lowest BCUT2D eigenvalue weighted by Crippen LogP contribution is -2.23. The Morgan fingerprint density at radius 3 is 2.37 bits per heavy atom. The van der Waals surface area contributed by atoms with Gasteiger partial charge in [0, 0.05) is 18.8 Å². The lowest BCUT2D eigenvalue weighted by molar-refractivity contribution is 0.176. The average molecular weight is 286 g/mol. The molecule has 0 saturated carbocycles. The molecule has 0 radical (unpaired) electrons. The molecule has 108 valence electrons. The van der Waals surface area contributed by atoms with Gasteiger partial charge in [0.1, 0.15) is 0 Å². The Bertz CT molecular complexity index is 471. The van der Waals surface area contributed by atoms with Crippen LogP contribution in [0.25, 0.3) is 0 Å². The van der Waals surface area contributed by atoms with Crippen molar-refractivity contribution in [3.05, 3.63) is 24.3 Å². The Labute approximate surface area is 115 Å². The standard InChI is InChI=1S/C13H22N2O3S/c1-3-5-12(16)10-14-11-6-8-13(9-7-11)19(17,18)15-4-2/h6-9,12,14-16H,3-5,10H2,1-2H3. The minimum Gasteiger partial charge on any atom is -0.391 e. The second-order valence-corrected chi connectivity index (χ2v) is 6.12. The molecule has 5 nitrogen and oxygen atoms in total. The van der Waals surface area contributed by atoms with Crippen LogP contribution in [0.5, 0.6) is 0 Å². The molecule has 1 atom stereocenters. The van der Waals surface area contributed by atoms with Crippen molar-refractivity contribution < 1.29 is 13.5 Å². The van der Waals surface area contributed by atoms with Gasteiger partial charge in [-0.1, -0.05) is 20.3 Å². The molecule has 6 heteroatoms. The quantitative estimate of drug-likeness (QED) is 0.677. The summed E-state index contributed by atoms with van der Waals surface area (Å²) < 4.78 is 25.9. The lowest BCUT2D eigenvalue weighted by Gasteiger charge is -2.12. The van der Waals surface area contributed by atoms with Crippen molar-refractivity contribution >= 4 is 15.7 Å². The number of benzene rings is 1. The van der Waals surface area contributed by atoms with E-state index in [-0.39, 0.29) is 11.0 Å². The number of sulfonamides is 1. The Kier molecular flexibility index (Phi) is 6.27. The van der Waals surface area contributed by atoms with Gasteiger partial charge in [0.15, 0.2) is 0 Å². The molecule has 0 spiro atoms. The third-order valence-corrected chi connectivity index (χ3v) is 4.22. The predicted molar refractivity (Wildman–Crippen MR) is 76.7 cm³/mol. The molecule has 0 bridgehead atoms. The highest BCUT2D eigenvalue weighted by Gasteiger charge is 2.11. The maximum atomic E-state index is 11.7. The Balaban J connectivity index is 2.62. The molecule has 0 aromatic heterocycles. The van der Waals surface area contributed by atoms with Gasteiger partial charge in [0.2, 0.25) is 10.0 Å². The molecular weight excluding hydrogens is 264 g/mol. The summed E-state index contributed by atoms with van der Waals surface area (Å²) in [4.78, 5) is 0.244. The maximum absolute atomic E-state index is 11.7. The summed E-state index contributed by atoms with van der Waals surface area (Å²) in [6.07, 6.45) is 1.30. The number of hydrogen-bond donors (Lipinski definition) is 3. The van der Waals surface area contributed by atoms with Crippen molar-refractivity contribution in [2.24, 2.45) is 0 Å². The van der Waals surface area contributed by atoms with E-state index in [0.717, 1.165) is 18.5 Å². The van der Waals surface area contributed by atoms with Crippen LogP contribution in [0.1, 0.15) is 26.7 Å². The number of hydrogen-bond acceptors (Lipinski definition) is 4. The fraction of sp³-hybridized carbons (Fsp3) is 0.538. The predicted octanol–water partition coefficient (Wildman–Crippen LogP) is 1.56. The number of aliphatic hydroxyl groups is 1. The molecule has 0 amide bonds. The zero-order chi connectivity index (χ0) is 14.3. The zero-order valence-corrected chi connectivity index (χ0v) is 12.2. The Morgan fingerprint density at radius 1 is 1.21 bits per heavy atom. The summed E-state index contributed by atoms with van der Waals surface area (Å²) in [5.74, 6) is 0. The van der Waals surface area contributed by atoms with Crippen LogP contribution in [0, 0.1) is 0 Å². The van der Waals surface area contributed by atoms with E-state index >= 15 is 0 Å². The van der Waals surface area contributed by atoms with Gasteiger partial charge in [0.25, 0.3) is 0 Å². The van der Waals surface area contributed by atoms with E-state index in [9.17, 15) is 13.5 Å². The van der Waals surface area contributed by atoms with E-state index in [0.29, 0.717) is 13.1 Å². The fourth-order valence-electron chi connectivity index (χ4n) is 1.70. The molecule has 1 rings (SSSR count). The first kappa shape index (κ1) is 15.9. The second-order valence-electron chi connectivity index (χ2n) is 4.35. The van der Waals surface area contributed by atoms with Crippen molar-refractivity contribution in [2.75, 3.05) is 18.4 Å². The summed E-state index contributed by atoms with van der Waals surface area (Å²) in [5, 5.41) is 12.7. The van der Waals surface area contributed by atoms with Gasteiger partial charge in [0.05, 0.1) is 11.0 Å². The van der Waals surface area contributed by atoms with Crippen molar-refractivity contribution in [2.45, 2.75) is 37.7 Å². The van der Waals surface area contributed by atoms with E-state index in [1.807, 2.05) is 6.92 Å². The molecule has 1 aromatic carbocycles. The first-order valence-electron chi connectivity index (χ1n) is 6.51. The summed E-state index contributed by atoms with van der Waals surface area (Å²) in [7, 11) is -3.39. The minimum atomic E-state index is -3.39. The van der Waals surface area contributed by atoms with Crippen LogP contribution in [-0.4, -0.2) is 32.7 Å². The van der Waals surface area contributed by atoms with Gasteiger partial charge in [-0.3, -0.25) is 0 Å². The molecule has 19 heavy (non-hydrogen) atoms. The summed E-state index contributed by atoms with van der Waals surface area (Å²) in [5.41, 5.74) is 0.797. The molecular formula is C13H22N2O3S. The van der Waals surface area contributed by atoms with Gasteiger partial charge in [-0.15, -0.1) is 0 Å². The molecule has 1 aromatic rings. The highest BCUT2D eigenvalue weighted by atomic mass is 32.2. The van der Waals surface area contributed by atoms with Crippen molar-refractivity contribution in [1.82, 2.24) is 4.72 Å². The van der Waals surface area contributed by atoms with Crippen LogP contribution in [0.15, 0.2) is 29.2 Å². The summed E-state index contributed by atoms with van der Waals surface area (Å²) in [6.45, 7) is 4.59. The maximum Gasteiger partial charge on any atom is 0.240 e. The molecule has 0 saturated heterocycles. The van der Waals surface area contributed by atoms with Crippen molar-refractivity contribution in [3.8, 4) is 0 Å². The van der Waals surface area contributed by atoms with Crippen molar-refractivity contribution in [3.63, 3.8) is 0 Å². The second kappa shape index (κ2) is 7.47. The van der Waals surface area contributed by atoms with E-state index in [4.69, 9.17) is 0 Å². The smallest absolute Gasteiger partial charge is 0.240 e. The Hall–Kier alpha value is -1.11. The van der Waals surface area contributed by atoms with Gasteiger partial charge < -0.3 is 10.4 Å². The van der Waals surface area contributed by atoms with E-state index < -0.39 is 10.0 Å². The average Bonchev–Trinajstić information content (AvgIpc) is 2.37. The summed E-state index contributed by atoms with van der Waals surface area (Å²) >= 11 is 0. The van der Waals surface area contributed by atoms with Gasteiger partial charge >= 0.3 is 0 Å². The largest absolute Gasteiger partial charge is 0.391 e. The van der Waals surface area contributed by atoms with E-state index in [1.165, 1.54) is 0 Å². The zero-order valence-electron chi connectivity index (χ0n) is 11.4. The first-order chi connectivity index (χ1) is 8.99. The van der Waals surface area contributed by atoms with Crippen LogP contribution < -0.4 is 10.0 Å². The molecule has 3 N–H and O–H groups in total. The topological polar surface area (TPSA) is 78.4 Å². The van der Waals surface area contributed by atoms with Gasteiger partial charge in [-0.25, -0.2) is 13.1 Å². The molecule has 0 aliphatic carbocycles. The number of rotatable bonds is 8. The van der Waals surface area contributed by atoms with Crippen LogP contribution >= 0.6 is 0 Å². The van der Waals surface area contributed by atoms with Gasteiger partial charge in [-0.05, 0) is 30.7 Å². The normalized spacial score (nSPS) is 13.2. The van der Waals surface area contributed by atoms with E-state index in [2.05, 4.69) is 10.0 Å². The Morgan fingerprint density at radius 2 is 1.84 bits per heavy atom. The summed E-state index contributed by atoms with van der Waals surface area (Å²) in [6, 6.07) is 6.49. The lowest BCUT2D eigenvalue weighted by atomic mass is 10.2. The number of nitrogens with one attached hydrogen (secondary N) is 2. The van der Waals surface area contributed by atoms with Crippen LogP contribution in [0.3, 0.4) is 0 Å². The number of aliphatic hydroxyl groups excluding tert-OH is 1. The third-order valence-electron chi connectivity index (χ3n) is 2.66. The first-order valence-corrected chi connectivity index (χ1v) is 7.99. The van der Waals surface area contributed by atoms with Crippen LogP contribution in [-0.2, 0) is 10.0 Å². The van der Waals surface area contributed by atoms with Gasteiger partial charge in [-0.2, -0.15) is 0 Å². The van der Waals surface area contributed by atoms with Crippen molar-refractivity contribution in [1.29, 1.82) is 0 Å². The van der Waals surface area contributed by atoms with E-state index in [1.54, 1.807) is 31.2 Å². The molecule has 0 aliphatic heterocycles. The minimum absolute atomic E-state index is 0.244. The monoisotopic (exact) mass is 286 g/mol. The molecule has 1 unspecified atom stereocenters. The fourth-order valence-corrected chi connectivity index (χ4v) is 2.74. The van der Waals surface area contributed by atoms with Crippen LogP contribution in [0.2, 0.25) is 0 Å². The third kappa shape index (κ3) is 5.18. The van der Waals surface area contributed by atoms with Crippen LogP contribution in [0.4, 0.5) is 5.69 Å².